The fourth-order valence-electron chi connectivity index (χ4n) is 1.66. The van der Waals surface area contributed by atoms with Crippen LogP contribution in [0.15, 0.2) is 42.5 Å². The van der Waals surface area contributed by atoms with Crippen LogP contribution in [0.3, 0.4) is 0 Å². The van der Waals surface area contributed by atoms with Crippen LogP contribution in [0.25, 0.3) is 10.4 Å². The van der Waals surface area contributed by atoms with E-state index in [1.54, 1.807) is 11.3 Å². The minimum Gasteiger partial charge on any atom is -0.394 e. The van der Waals surface area contributed by atoms with E-state index in [1.807, 2.05) is 18.2 Å². The summed E-state index contributed by atoms with van der Waals surface area (Å²) in [5, 5.41) is 21.0. The summed E-state index contributed by atoms with van der Waals surface area (Å²) >= 11 is 1.74. The standard InChI is InChI=1S/C14H17NO2S/c16-10-12(17)8-15-9-13-6-7-14(18-13)11-4-2-1-3-5-11/h1-7,12,15-17H,8-10H2. The molecule has 0 amide bonds. The van der Waals surface area contributed by atoms with E-state index in [9.17, 15) is 5.11 Å². The summed E-state index contributed by atoms with van der Waals surface area (Å²) in [6.45, 7) is 0.927. The van der Waals surface area contributed by atoms with Crippen LogP contribution in [-0.4, -0.2) is 29.5 Å². The van der Waals surface area contributed by atoms with Gasteiger partial charge in [-0.05, 0) is 17.7 Å². The molecule has 0 aliphatic carbocycles. The Balaban J connectivity index is 1.91. The predicted molar refractivity (Wildman–Crippen MR) is 74.6 cm³/mol. The number of aliphatic hydroxyl groups excluding tert-OH is 2. The molecule has 1 unspecified atom stereocenters. The molecule has 96 valence electrons. The second-order valence-corrected chi connectivity index (χ2v) is 5.27. The zero-order chi connectivity index (χ0) is 12.8. The van der Waals surface area contributed by atoms with Gasteiger partial charge in [0.1, 0.15) is 0 Å². The van der Waals surface area contributed by atoms with E-state index in [4.69, 9.17) is 5.11 Å². The average Bonchev–Trinajstić information content (AvgIpc) is 2.88. The number of hydrogen-bond donors (Lipinski definition) is 3. The Bertz CT molecular complexity index is 470. The van der Waals surface area contributed by atoms with Gasteiger partial charge in [-0.25, -0.2) is 0 Å². The van der Waals surface area contributed by atoms with Crippen molar-refractivity contribution in [1.29, 1.82) is 0 Å². The van der Waals surface area contributed by atoms with Gasteiger partial charge < -0.3 is 15.5 Å². The Morgan fingerprint density at radius 1 is 1.11 bits per heavy atom. The first-order valence-corrected chi connectivity index (χ1v) is 6.75. The molecule has 1 aromatic heterocycles. The highest BCUT2D eigenvalue weighted by Gasteiger charge is 2.04. The van der Waals surface area contributed by atoms with Gasteiger partial charge in [0.25, 0.3) is 0 Å². The Hall–Kier alpha value is -1.20. The lowest BCUT2D eigenvalue weighted by molar-refractivity contribution is 0.0943. The van der Waals surface area contributed by atoms with Crippen molar-refractivity contribution in [3.8, 4) is 10.4 Å². The van der Waals surface area contributed by atoms with E-state index in [0.29, 0.717) is 13.1 Å². The molecule has 0 radical (unpaired) electrons. The Kier molecular flexibility index (Phi) is 4.90. The van der Waals surface area contributed by atoms with Gasteiger partial charge in [-0.15, -0.1) is 11.3 Å². The van der Waals surface area contributed by atoms with Crippen LogP contribution in [-0.2, 0) is 6.54 Å². The van der Waals surface area contributed by atoms with Crippen molar-refractivity contribution in [3.63, 3.8) is 0 Å². The summed E-state index contributed by atoms with van der Waals surface area (Å²) in [7, 11) is 0. The Morgan fingerprint density at radius 3 is 2.61 bits per heavy atom. The van der Waals surface area contributed by atoms with Gasteiger partial charge in [0.15, 0.2) is 0 Å². The molecule has 3 N–H and O–H groups in total. The van der Waals surface area contributed by atoms with E-state index in [2.05, 4.69) is 29.6 Å². The fourth-order valence-corrected chi connectivity index (χ4v) is 2.64. The van der Waals surface area contributed by atoms with Crippen molar-refractivity contribution >= 4 is 11.3 Å². The van der Waals surface area contributed by atoms with E-state index >= 15 is 0 Å². The maximum atomic E-state index is 9.21. The first-order chi connectivity index (χ1) is 8.79. The molecule has 0 bridgehead atoms. The quantitative estimate of drug-likeness (QED) is 0.745. The lowest BCUT2D eigenvalue weighted by Crippen LogP contribution is -2.28. The molecule has 0 saturated carbocycles. The number of benzene rings is 1. The van der Waals surface area contributed by atoms with Crippen LogP contribution in [0, 0.1) is 0 Å². The number of rotatable bonds is 6. The topological polar surface area (TPSA) is 52.5 Å². The van der Waals surface area contributed by atoms with Crippen LogP contribution in [0.2, 0.25) is 0 Å². The van der Waals surface area contributed by atoms with Crippen molar-refractivity contribution in [2.45, 2.75) is 12.6 Å². The smallest absolute Gasteiger partial charge is 0.0895 e. The summed E-state index contributed by atoms with van der Waals surface area (Å²) in [5.74, 6) is 0. The molecule has 0 saturated heterocycles. The van der Waals surface area contributed by atoms with Gasteiger partial charge in [-0.3, -0.25) is 0 Å². The summed E-state index contributed by atoms with van der Waals surface area (Å²) in [5.41, 5.74) is 1.23. The molecule has 1 heterocycles. The second kappa shape index (κ2) is 6.66. The van der Waals surface area contributed by atoms with Gasteiger partial charge in [-0.2, -0.15) is 0 Å². The second-order valence-electron chi connectivity index (χ2n) is 4.10. The Morgan fingerprint density at radius 2 is 1.89 bits per heavy atom. The molecule has 3 nitrogen and oxygen atoms in total. The number of nitrogens with one attached hydrogen (secondary N) is 1. The van der Waals surface area contributed by atoms with E-state index in [1.165, 1.54) is 15.3 Å². The van der Waals surface area contributed by atoms with Crippen molar-refractivity contribution in [2.24, 2.45) is 0 Å². The molecule has 2 aromatic rings. The zero-order valence-electron chi connectivity index (χ0n) is 10.0. The third-order valence-corrected chi connectivity index (χ3v) is 3.74. The minimum absolute atomic E-state index is 0.202. The fraction of sp³-hybridized carbons (Fsp3) is 0.286. The van der Waals surface area contributed by atoms with Crippen molar-refractivity contribution in [3.05, 3.63) is 47.3 Å². The summed E-state index contributed by atoms with van der Waals surface area (Å²) in [6.07, 6.45) is -0.682. The largest absolute Gasteiger partial charge is 0.394 e. The third kappa shape index (κ3) is 3.65. The molecule has 0 aliphatic rings. The first-order valence-electron chi connectivity index (χ1n) is 5.93. The molecule has 1 aromatic carbocycles. The van der Waals surface area contributed by atoms with Crippen molar-refractivity contribution in [1.82, 2.24) is 5.32 Å². The number of aliphatic hydroxyl groups is 2. The zero-order valence-corrected chi connectivity index (χ0v) is 10.9. The highest BCUT2D eigenvalue weighted by Crippen LogP contribution is 2.27. The van der Waals surface area contributed by atoms with E-state index < -0.39 is 6.10 Å². The molecule has 0 aliphatic heterocycles. The highest BCUT2D eigenvalue weighted by atomic mass is 32.1. The van der Waals surface area contributed by atoms with Crippen LogP contribution < -0.4 is 5.32 Å². The molecule has 1 atom stereocenters. The SMILES string of the molecule is OCC(O)CNCc1ccc(-c2ccccc2)s1. The van der Waals surface area contributed by atoms with Gasteiger partial charge in [0.05, 0.1) is 12.7 Å². The minimum atomic E-state index is -0.682. The molecule has 2 rings (SSSR count). The van der Waals surface area contributed by atoms with Crippen molar-refractivity contribution in [2.75, 3.05) is 13.2 Å². The molecule has 0 spiro atoms. The summed E-state index contributed by atoms with van der Waals surface area (Å²) in [4.78, 5) is 2.47. The summed E-state index contributed by atoms with van der Waals surface area (Å²) < 4.78 is 0. The third-order valence-electron chi connectivity index (χ3n) is 2.61. The molecule has 0 fully saturated rings. The highest BCUT2D eigenvalue weighted by molar-refractivity contribution is 7.15. The monoisotopic (exact) mass is 263 g/mol. The van der Waals surface area contributed by atoms with Gasteiger partial charge in [0, 0.05) is 22.8 Å². The molecule has 4 heteroatoms. The van der Waals surface area contributed by atoms with Crippen molar-refractivity contribution < 1.29 is 10.2 Å². The normalized spacial score (nSPS) is 12.6. The predicted octanol–water partition coefficient (Wildman–Crippen LogP) is 1.86. The lowest BCUT2D eigenvalue weighted by Gasteiger charge is -2.07. The van der Waals surface area contributed by atoms with Crippen LogP contribution >= 0.6 is 11.3 Å². The Labute approximate surface area is 111 Å². The first kappa shape index (κ1) is 13.2. The van der Waals surface area contributed by atoms with Gasteiger partial charge in [-0.1, -0.05) is 30.3 Å². The lowest BCUT2D eigenvalue weighted by atomic mass is 10.2. The molecular formula is C14H17NO2S. The maximum Gasteiger partial charge on any atom is 0.0895 e. The van der Waals surface area contributed by atoms with E-state index in [0.717, 1.165) is 0 Å². The van der Waals surface area contributed by atoms with Crippen LogP contribution in [0.5, 0.6) is 0 Å². The number of thiophene rings is 1. The molecular weight excluding hydrogens is 246 g/mol. The average molecular weight is 263 g/mol. The van der Waals surface area contributed by atoms with Gasteiger partial charge >= 0.3 is 0 Å². The van der Waals surface area contributed by atoms with Crippen LogP contribution in [0.1, 0.15) is 4.88 Å². The van der Waals surface area contributed by atoms with E-state index in [-0.39, 0.29) is 6.61 Å². The maximum absolute atomic E-state index is 9.21. The number of hydrogen-bond acceptors (Lipinski definition) is 4. The summed E-state index contributed by atoms with van der Waals surface area (Å²) in [6, 6.07) is 14.5. The van der Waals surface area contributed by atoms with Crippen LogP contribution in [0.4, 0.5) is 0 Å². The van der Waals surface area contributed by atoms with Gasteiger partial charge in [0.2, 0.25) is 0 Å². The molecule has 18 heavy (non-hydrogen) atoms.